The number of phenolic OH excluding ortho intramolecular Hbond substituents is 1. The van der Waals surface area contributed by atoms with Gasteiger partial charge in [0.05, 0.1) is 24.0 Å². The number of benzene rings is 1. The van der Waals surface area contributed by atoms with Gasteiger partial charge >= 0.3 is 0 Å². The molecule has 1 aliphatic carbocycles. The standard InChI is InChI=1S/C26H35FN6O/c1-3-15-10-18(34)4-5-19(15)20-6-7-21-24(23(20)27)30-31-25(21)26-28-11-22(29-26)16-8-9-33(12-16)17-13-32(2)14-17/h4-5,8,10-11,17,20-21,23-25,30-31,34H,3,6-7,9,12-14H2,1-2H3,(H,28,29). The number of likely N-dealkylation sites (N-methyl/N-ethyl adjacent to an activating group) is 1. The van der Waals surface area contributed by atoms with E-state index in [0.717, 1.165) is 68.1 Å². The van der Waals surface area contributed by atoms with Crippen molar-refractivity contribution in [3.63, 3.8) is 0 Å². The average Bonchev–Trinajstić information content (AvgIpc) is 3.56. The zero-order valence-corrected chi connectivity index (χ0v) is 20.0. The third-order valence-electron chi connectivity index (χ3n) is 8.48. The molecule has 4 aliphatic rings. The molecule has 5 unspecified atom stereocenters. The Balaban J connectivity index is 1.14. The van der Waals surface area contributed by atoms with Crippen LogP contribution in [0.25, 0.3) is 5.57 Å². The molecule has 3 fully saturated rings. The molecule has 4 N–H and O–H groups in total. The monoisotopic (exact) mass is 466 g/mol. The van der Waals surface area contributed by atoms with Crippen LogP contribution in [0.3, 0.4) is 0 Å². The molecular formula is C26H35FN6O. The van der Waals surface area contributed by atoms with Crippen LogP contribution in [0.1, 0.15) is 54.4 Å². The van der Waals surface area contributed by atoms with Crippen LogP contribution >= 0.6 is 0 Å². The lowest BCUT2D eigenvalue weighted by molar-refractivity contribution is 0.0738. The van der Waals surface area contributed by atoms with Gasteiger partial charge in [0, 0.05) is 44.1 Å². The first-order chi connectivity index (χ1) is 16.5. The number of imidazole rings is 1. The maximum atomic E-state index is 15.8. The van der Waals surface area contributed by atoms with E-state index in [1.54, 1.807) is 12.1 Å². The first kappa shape index (κ1) is 22.2. The molecule has 7 nitrogen and oxygen atoms in total. The molecule has 182 valence electrons. The number of hydrogen-bond donors (Lipinski definition) is 4. The molecule has 1 aromatic carbocycles. The Morgan fingerprint density at radius 2 is 2.06 bits per heavy atom. The van der Waals surface area contributed by atoms with E-state index in [2.05, 4.69) is 45.7 Å². The zero-order chi connectivity index (χ0) is 23.4. The number of aromatic nitrogens is 2. The summed E-state index contributed by atoms with van der Waals surface area (Å²) in [6, 6.07) is 5.74. The van der Waals surface area contributed by atoms with Gasteiger partial charge < -0.3 is 15.0 Å². The molecule has 6 rings (SSSR count). The second-order valence-corrected chi connectivity index (χ2v) is 10.5. The molecular weight excluding hydrogens is 431 g/mol. The molecule has 0 radical (unpaired) electrons. The Hall–Kier alpha value is -2.26. The second-order valence-electron chi connectivity index (χ2n) is 10.5. The van der Waals surface area contributed by atoms with Gasteiger partial charge in [0.25, 0.3) is 0 Å². The maximum Gasteiger partial charge on any atom is 0.125 e. The fraction of sp³-hybridized carbons (Fsp3) is 0.577. The Bertz CT molecular complexity index is 1080. The quantitative estimate of drug-likeness (QED) is 0.543. The zero-order valence-electron chi connectivity index (χ0n) is 20.0. The predicted molar refractivity (Wildman–Crippen MR) is 130 cm³/mol. The number of aromatic amines is 1. The van der Waals surface area contributed by atoms with Crippen molar-refractivity contribution in [1.82, 2.24) is 30.6 Å². The van der Waals surface area contributed by atoms with E-state index < -0.39 is 6.17 Å². The van der Waals surface area contributed by atoms with Crippen molar-refractivity contribution in [2.24, 2.45) is 5.92 Å². The van der Waals surface area contributed by atoms with Gasteiger partial charge in [-0.15, -0.1) is 0 Å². The number of nitrogens with zero attached hydrogens (tertiary/aromatic N) is 3. The summed E-state index contributed by atoms with van der Waals surface area (Å²) in [5, 5.41) is 9.86. The van der Waals surface area contributed by atoms with Crippen LogP contribution in [0, 0.1) is 5.92 Å². The molecule has 0 bridgehead atoms. The van der Waals surface area contributed by atoms with E-state index in [1.165, 1.54) is 5.57 Å². The van der Waals surface area contributed by atoms with Crippen molar-refractivity contribution in [3.05, 3.63) is 53.1 Å². The summed E-state index contributed by atoms with van der Waals surface area (Å²) in [5.74, 6) is 1.13. The lowest BCUT2D eigenvalue weighted by Crippen LogP contribution is -2.57. The first-order valence-electron chi connectivity index (χ1n) is 12.7. The molecule has 0 spiro atoms. The Labute approximate surface area is 200 Å². The van der Waals surface area contributed by atoms with Crippen LogP contribution in [0.4, 0.5) is 4.39 Å². The van der Waals surface area contributed by atoms with E-state index in [4.69, 9.17) is 4.98 Å². The van der Waals surface area contributed by atoms with Gasteiger partial charge in [0.1, 0.15) is 17.7 Å². The van der Waals surface area contributed by atoms with Gasteiger partial charge in [0.2, 0.25) is 0 Å². The topological polar surface area (TPSA) is 79.5 Å². The van der Waals surface area contributed by atoms with Gasteiger partial charge in [-0.25, -0.2) is 14.8 Å². The third kappa shape index (κ3) is 3.77. The molecule has 2 saturated heterocycles. The van der Waals surface area contributed by atoms with Gasteiger partial charge in [-0.2, -0.15) is 0 Å². The summed E-state index contributed by atoms with van der Waals surface area (Å²) in [5.41, 5.74) is 11.1. The molecule has 34 heavy (non-hydrogen) atoms. The fourth-order valence-corrected chi connectivity index (χ4v) is 6.51. The summed E-state index contributed by atoms with van der Waals surface area (Å²) in [4.78, 5) is 13.1. The van der Waals surface area contributed by atoms with E-state index in [1.807, 2.05) is 12.3 Å². The van der Waals surface area contributed by atoms with Gasteiger partial charge in [-0.05, 0) is 55.1 Å². The summed E-state index contributed by atoms with van der Waals surface area (Å²) in [7, 11) is 2.17. The van der Waals surface area contributed by atoms with Crippen LogP contribution < -0.4 is 10.9 Å². The van der Waals surface area contributed by atoms with E-state index in [9.17, 15) is 5.11 Å². The number of nitrogens with one attached hydrogen (secondary N) is 3. The fourth-order valence-electron chi connectivity index (χ4n) is 6.51. The smallest absolute Gasteiger partial charge is 0.125 e. The number of hydrazine groups is 1. The molecule has 1 saturated carbocycles. The van der Waals surface area contributed by atoms with Crippen molar-refractivity contribution in [1.29, 1.82) is 0 Å². The minimum Gasteiger partial charge on any atom is -0.508 e. The predicted octanol–water partition coefficient (Wildman–Crippen LogP) is 2.74. The van der Waals surface area contributed by atoms with Crippen molar-refractivity contribution in [2.75, 3.05) is 33.2 Å². The van der Waals surface area contributed by atoms with E-state index in [-0.39, 0.29) is 29.7 Å². The van der Waals surface area contributed by atoms with Gasteiger partial charge in [0.15, 0.2) is 0 Å². The summed E-state index contributed by atoms with van der Waals surface area (Å²) in [6.45, 7) is 6.30. The SMILES string of the molecule is CCc1cc(O)ccc1C1CCC2C(c3ncc(C4=CCN(C5CN(C)C5)C4)[nH]3)NNC2C1F. The van der Waals surface area contributed by atoms with Crippen LogP contribution in [-0.2, 0) is 6.42 Å². The first-order valence-corrected chi connectivity index (χ1v) is 12.7. The highest BCUT2D eigenvalue weighted by Gasteiger charge is 2.48. The minimum absolute atomic E-state index is 0.0261. The number of aromatic hydroxyl groups is 1. The summed E-state index contributed by atoms with van der Waals surface area (Å²) < 4.78 is 15.8. The molecule has 5 atom stereocenters. The van der Waals surface area contributed by atoms with Crippen molar-refractivity contribution in [2.45, 2.75) is 56.4 Å². The van der Waals surface area contributed by atoms with E-state index >= 15 is 4.39 Å². The minimum atomic E-state index is -0.993. The van der Waals surface area contributed by atoms with Gasteiger partial charge in [-0.1, -0.05) is 19.1 Å². The average molecular weight is 467 g/mol. The lowest BCUT2D eigenvalue weighted by Gasteiger charge is -2.42. The third-order valence-corrected chi connectivity index (χ3v) is 8.48. The number of likely N-dealkylation sites (tertiary alicyclic amines) is 1. The number of aryl methyl sites for hydroxylation is 1. The number of fused-ring (bicyclic) bond motifs is 1. The van der Waals surface area contributed by atoms with Crippen molar-refractivity contribution >= 4 is 5.57 Å². The molecule has 2 aromatic rings. The molecule has 1 aromatic heterocycles. The summed E-state index contributed by atoms with van der Waals surface area (Å²) >= 11 is 0. The molecule has 8 heteroatoms. The number of rotatable bonds is 5. The molecule has 0 amide bonds. The Morgan fingerprint density at radius 1 is 1.21 bits per heavy atom. The Kier molecular flexibility index (Phi) is 5.72. The number of hydrogen-bond acceptors (Lipinski definition) is 6. The highest BCUT2D eigenvalue weighted by atomic mass is 19.1. The number of H-pyrrole nitrogens is 1. The maximum absolute atomic E-state index is 15.8. The van der Waals surface area contributed by atoms with E-state index in [0.29, 0.717) is 6.04 Å². The lowest BCUT2D eigenvalue weighted by atomic mass is 9.71. The van der Waals surface area contributed by atoms with Gasteiger partial charge in [-0.3, -0.25) is 10.3 Å². The number of phenols is 1. The molecule has 4 heterocycles. The normalized spacial score (nSPS) is 32.6. The van der Waals surface area contributed by atoms with Crippen molar-refractivity contribution in [3.8, 4) is 5.75 Å². The van der Waals surface area contributed by atoms with Crippen LogP contribution in [0.2, 0.25) is 0 Å². The van der Waals surface area contributed by atoms with Crippen LogP contribution in [-0.4, -0.2) is 76.4 Å². The largest absolute Gasteiger partial charge is 0.508 e. The van der Waals surface area contributed by atoms with Crippen LogP contribution in [0.15, 0.2) is 30.5 Å². The van der Waals surface area contributed by atoms with Crippen LogP contribution in [0.5, 0.6) is 5.75 Å². The number of halogens is 1. The summed E-state index contributed by atoms with van der Waals surface area (Å²) in [6.07, 6.45) is 5.76. The second kappa shape index (κ2) is 8.75. The van der Waals surface area contributed by atoms with Crippen molar-refractivity contribution < 1.29 is 9.50 Å². The number of alkyl halides is 1. The molecule has 3 aliphatic heterocycles. The highest BCUT2D eigenvalue weighted by Crippen LogP contribution is 2.45. The Morgan fingerprint density at radius 3 is 2.85 bits per heavy atom. The highest BCUT2D eigenvalue weighted by molar-refractivity contribution is 5.66.